The van der Waals surface area contributed by atoms with Gasteiger partial charge in [-0.25, -0.2) is 0 Å². The molecule has 0 fully saturated rings. The van der Waals surface area contributed by atoms with Gasteiger partial charge in [0.1, 0.15) is 6.29 Å². The number of hydrogen-bond donors (Lipinski definition) is 0. The zero-order valence-electron chi connectivity index (χ0n) is 21.4. The standard InChI is InChI=1S/C37H27NO/c39-27-28-11-13-31(14-12-28)34-19-25-37(26-20-34)38(35-21-15-32(16-22-35)29-7-3-1-4-8-29)36-23-17-33(18-24-36)30-9-5-2-6-10-30/h1-27H. The average Bonchev–Trinajstić information content (AvgIpc) is 3.03. The van der Waals surface area contributed by atoms with E-state index >= 15 is 0 Å². The molecule has 0 atom stereocenters. The number of hydrogen-bond acceptors (Lipinski definition) is 2. The van der Waals surface area contributed by atoms with Crippen LogP contribution in [0.15, 0.2) is 158 Å². The summed E-state index contributed by atoms with van der Waals surface area (Å²) in [5.41, 5.74) is 10.9. The van der Waals surface area contributed by atoms with Crippen molar-refractivity contribution in [3.8, 4) is 33.4 Å². The summed E-state index contributed by atoms with van der Waals surface area (Å²) in [6, 6.07) is 54.6. The summed E-state index contributed by atoms with van der Waals surface area (Å²) < 4.78 is 0. The van der Waals surface area contributed by atoms with Crippen molar-refractivity contribution in [3.05, 3.63) is 163 Å². The molecule has 0 aliphatic carbocycles. The molecule has 0 N–H and O–H groups in total. The van der Waals surface area contributed by atoms with Crippen molar-refractivity contribution < 1.29 is 4.79 Å². The lowest BCUT2D eigenvalue weighted by Gasteiger charge is -2.26. The fraction of sp³-hybridized carbons (Fsp3) is 0. The second kappa shape index (κ2) is 11.0. The Kier molecular flexibility index (Phi) is 6.83. The maximum atomic E-state index is 11.0. The van der Waals surface area contributed by atoms with Gasteiger partial charge in [0.25, 0.3) is 0 Å². The first kappa shape index (κ1) is 24.1. The van der Waals surface area contributed by atoms with Crippen LogP contribution in [0, 0.1) is 0 Å². The maximum absolute atomic E-state index is 11.0. The van der Waals surface area contributed by atoms with Gasteiger partial charge in [0.2, 0.25) is 0 Å². The first-order valence-corrected chi connectivity index (χ1v) is 13.1. The molecule has 2 heteroatoms. The second-order valence-electron chi connectivity index (χ2n) is 9.45. The van der Waals surface area contributed by atoms with Gasteiger partial charge in [-0.2, -0.15) is 0 Å². The van der Waals surface area contributed by atoms with E-state index in [0.717, 1.165) is 34.5 Å². The third-order valence-electron chi connectivity index (χ3n) is 6.97. The molecular weight excluding hydrogens is 474 g/mol. The molecule has 0 heterocycles. The van der Waals surface area contributed by atoms with Gasteiger partial charge >= 0.3 is 0 Å². The van der Waals surface area contributed by atoms with E-state index in [1.54, 1.807) is 0 Å². The summed E-state index contributed by atoms with van der Waals surface area (Å²) >= 11 is 0. The van der Waals surface area contributed by atoms with Crippen molar-refractivity contribution in [3.63, 3.8) is 0 Å². The van der Waals surface area contributed by atoms with E-state index < -0.39 is 0 Å². The Bertz CT molecular complexity index is 1570. The molecule has 0 aliphatic heterocycles. The van der Waals surface area contributed by atoms with Crippen LogP contribution < -0.4 is 4.90 Å². The van der Waals surface area contributed by atoms with E-state index in [1.165, 1.54) is 22.3 Å². The predicted octanol–water partition coefficient (Wildman–Crippen LogP) is 9.97. The van der Waals surface area contributed by atoms with Gasteiger partial charge in [0.15, 0.2) is 0 Å². The number of nitrogens with zero attached hydrogens (tertiary/aromatic N) is 1. The molecule has 39 heavy (non-hydrogen) atoms. The fourth-order valence-electron chi connectivity index (χ4n) is 4.87. The van der Waals surface area contributed by atoms with Gasteiger partial charge in [-0.15, -0.1) is 0 Å². The summed E-state index contributed by atoms with van der Waals surface area (Å²) in [6.45, 7) is 0. The summed E-state index contributed by atoms with van der Waals surface area (Å²) in [5.74, 6) is 0. The highest BCUT2D eigenvalue weighted by Gasteiger charge is 2.13. The minimum Gasteiger partial charge on any atom is -0.311 e. The third-order valence-corrected chi connectivity index (χ3v) is 6.97. The van der Waals surface area contributed by atoms with E-state index in [1.807, 2.05) is 36.4 Å². The molecule has 0 aliphatic rings. The topological polar surface area (TPSA) is 20.3 Å². The number of rotatable bonds is 7. The van der Waals surface area contributed by atoms with E-state index in [4.69, 9.17) is 0 Å². The van der Waals surface area contributed by atoms with Crippen LogP contribution >= 0.6 is 0 Å². The minimum atomic E-state index is 0.680. The highest BCUT2D eigenvalue weighted by atomic mass is 16.1. The normalized spacial score (nSPS) is 10.7. The molecule has 0 bridgehead atoms. The monoisotopic (exact) mass is 501 g/mol. The number of carbonyl (C=O) groups excluding carboxylic acids is 1. The smallest absolute Gasteiger partial charge is 0.150 e. The van der Waals surface area contributed by atoms with Crippen LogP contribution in [-0.2, 0) is 0 Å². The van der Waals surface area contributed by atoms with Gasteiger partial charge in [-0.1, -0.05) is 121 Å². The van der Waals surface area contributed by atoms with Crippen LogP contribution in [0.4, 0.5) is 17.1 Å². The van der Waals surface area contributed by atoms with Crippen molar-refractivity contribution in [2.45, 2.75) is 0 Å². The van der Waals surface area contributed by atoms with Crippen LogP contribution in [0.3, 0.4) is 0 Å². The number of aldehydes is 1. The van der Waals surface area contributed by atoms with Crippen molar-refractivity contribution in [2.24, 2.45) is 0 Å². The highest BCUT2D eigenvalue weighted by molar-refractivity contribution is 5.81. The fourth-order valence-corrected chi connectivity index (χ4v) is 4.87. The van der Waals surface area contributed by atoms with Crippen molar-refractivity contribution in [2.75, 3.05) is 4.90 Å². The molecule has 6 aromatic rings. The second-order valence-corrected chi connectivity index (χ2v) is 9.45. The van der Waals surface area contributed by atoms with Crippen LogP contribution in [-0.4, -0.2) is 6.29 Å². The van der Waals surface area contributed by atoms with Crippen molar-refractivity contribution in [1.82, 2.24) is 0 Å². The van der Waals surface area contributed by atoms with E-state index in [2.05, 4.69) is 126 Å². The number of anilines is 3. The van der Waals surface area contributed by atoms with Gasteiger partial charge < -0.3 is 4.90 Å². The molecular formula is C37H27NO. The van der Waals surface area contributed by atoms with Crippen molar-refractivity contribution in [1.29, 1.82) is 0 Å². The molecule has 0 spiro atoms. The quantitative estimate of drug-likeness (QED) is 0.203. The summed E-state index contributed by atoms with van der Waals surface area (Å²) in [4.78, 5) is 13.3. The Balaban J connectivity index is 1.37. The Hall–Kier alpha value is -5.21. The van der Waals surface area contributed by atoms with Gasteiger partial charge in [0.05, 0.1) is 0 Å². The Morgan fingerprint density at radius 1 is 0.333 bits per heavy atom. The molecule has 0 unspecified atom stereocenters. The minimum absolute atomic E-state index is 0.680. The zero-order valence-corrected chi connectivity index (χ0v) is 21.4. The Morgan fingerprint density at radius 2 is 0.615 bits per heavy atom. The molecule has 0 radical (unpaired) electrons. The van der Waals surface area contributed by atoms with Gasteiger partial charge in [0, 0.05) is 22.6 Å². The molecule has 0 saturated carbocycles. The summed E-state index contributed by atoms with van der Waals surface area (Å²) in [7, 11) is 0. The first-order chi connectivity index (χ1) is 19.3. The molecule has 0 saturated heterocycles. The average molecular weight is 502 g/mol. The Labute approximate surface area is 229 Å². The lowest BCUT2D eigenvalue weighted by molar-refractivity contribution is 0.112. The number of carbonyl (C=O) groups is 1. The first-order valence-electron chi connectivity index (χ1n) is 13.1. The van der Waals surface area contributed by atoms with Gasteiger partial charge in [-0.05, 0) is 69.8 Å². The lowest BCUT2D eigenvalue weighted by Crippen LogP contribution is -2.09. The number of benzene rings is 6. The molecule has 2 nitrogen and oxygen atoms in total. The molecule has 6 rings (SSSR count). The molecule has 0 amide bonds. The predicted molar refractivity (Wildman–Crippen MR) is 163 cm³/mol. The van der Waals surface area contributed by atoms with Crippen LogP contribution in [0.5, 0.6) is 0 Å². The zero-order chi connectivity index (χ0) is 26.4. The van der Waals surface area contributed by atoms with E-state index in [0.29, 0.717) is 5.56 Å². The molecule has 0 aromatic heterocycles. The third kappa shape index (κ3) is 5.27. The largest absolute Gasteiger partial charge is 0.311 e. The Morgan fingerprint density at radius 3 is 0.923 bits per heavy atom. The van der Waals surface area contributed by atoms with Crippen LogP contribution in [0.1, 0.15) is 10.4 Å². The van der Waals surface area contributed by atoms with Crippen molar-refractivity contribution >= 4 is 23.3 Å². The molecule has 6 aromatic carbocycles. The maximum Gasteiger partial charge on any atom is 0.150 e. The lowest BCUT2D eigenvalue weighted by atomic mass is 10.0. The van der Waals surface area contributed by atoms with Crippen LogP contribution in [0.25, 0.3) is 33.4 Å². The summed E-state index contributed by atoms with van der Waals surface area (Å²) in [5, 5.41) is 0. The highest BCUT2D eigenvalue weighted by Crippen LogP contribution is 2.37. The van der Waals surface area contributed by atoms with Gasteiger partial charge in [-0.3, -0.25) is 4.79 Å². The van der Waals surface area contributed by atoms with E-state index in [-0.39, 0.29) is 0 Å². The molecule has 186 valence electrons. The SMILES string of the molecule is O=Cc1ccc(-c2ccc(N(c3ccc(-c4ccccc4)cc3)c3ccc(-c4ccccc4)cc3)cc2)cc1. The van der Waals surface area contributed by atoms with Crippen LogP contribution in [0.2, 0.25) is 0 Å². The van der Waals surface area contributed by atoms with E-state index in [9.17, 15) is 4.79 Å². The summed E-state index contributed by atoms with van der Waals surface area (Å²) in [6.07, 6.45) is 0.872.